The van der Waals surface area contributed by atoms with Crippen LogP contribution in [0.4, 0.5) is 16.2 Å². The van der Waals surface area contributed by atoms with E-state index in [-0.39, 0.29) is 5.82 Å². The third kappa shape index (κ3) is 3.37. The van der Waals surface area contributed by atoms with Crippen molar-refractivity contribution in [3.05, 3.63) is 54.9 Å². The fraction of sp³-hybridized carbons (Fsp3) is 0.235. The minimum Gasteiger partial charge on any atom is -0.352 e. The van der Waals surface area contributed by atoms with Gasteiger partial charge in [-0.3, -0.25) is 4.98 Å². The van der Waals surface area contributed by atoms with Gasteiger partial charge in [0.1, 0.15) is 11.6 Å². The van der Waals surface area contributed by atoms with Gasteiger partial charge in [0.15, 0.2) is 0 Å². The molecule has 1 fully saturated rings. The zero-order valence-electron chi connectivity index (χ0n) is 13.5. The number of nitrogens with zero attached hydrogens (tertiary/aromatic N) is 7. The van der Waals surface area contributed by atoms with E-state index in [1.54, 1.807) is 36.9 Å². The molecule has 1 aliphatic heterocycles. The highest BCUT2D eigenvalue weighted by Gasteiger charge is 2.20. The average Bonchev–Trinajstić information content (AvgIpc) is 2.69. The van der Waals surface area contributed by atoms with E-state index in [0.29, 0.717) is 11.6 Å². The molecule has 0 amide bonds. The summed E-state index contributed by atoms with van der Waals surface area (Å²) in [5, 5.41) is 8.20. The third-order valence-corrected chi connectivity index (χ3v) is 4.12. The molecular formula is C17H16FN7. The Morgan fingerprint density at radius 3 is 2.36 bits per heavy atom. The first-order chi connectivity index (χ1) is 12.3. The van der Waals surface area contributed by atoms with Gasteiger partial charge < -0.3 is 9.80 Å². The first kappa shape index (κ1) is 15.4. The Morgan fingerprint density at radius 2 is 1.64 bits per heavy atom. The maximum Gasteiger partial charge on any atom is 0.246 e. The van der Waals surface area contributed by atoms with E-state index in [4.69, 9.17) is 0 Å². The van der Waals surface area contributed by atoms with Gasteiger partial charge in [0.2, 0.25) is 5.95 Å². The van der Waals surface area contributed by atoms with Crippen molar-refractivity contribution in [1.82, 2.24) is 25.1 Å². The second-order valence-electron chi connectivity index (χ2n) is 5.69. The molecule has 0 aliphatic carbocycles. The fourth-order valence-corrected chi connectivity index (χ4v) is 2.78. The summed E-state index contributed by atoms with van der Waals surface area (Å²) in [6, 6.07) is 6.21. The molecule has 0 bridgehead atoms. The summed E-state index contributed by atoms with van der Waals surface area (Å²) >= 11 is 0. The summed E-state index contributed by atoms with van der Waals surface area (Å²) < 4.78 is 13.1. The minimum absolute atomic E-state index is 0.272. The van der Waals surface area contributed by atoms with E-state index in [2.05, 4.69) is 34.9 Å². The Morgan fingerprint density at radius 1 is 0.880 bits per heavy atom. The lowest BCUT2D eigenvalue weighted by atomic mass is 10.2. The van der Waals surface area contributed by atoms with Crippen LogP contribution < -0.4 is 9.80 Å². The second kappa shape index (κ2) is 6.76. The summed E-state index contributed by atoms with van der Waals surface area (Å²) in [6.45, 7) is 3.15. The zero-order chi connectivity index (χ0) is 17.1. The Kier molecular flexibility index (Phi) is 4.16. The maximum absolute atomic E-state index is 13.1. The predicted molar refractivity (Wildman–Crippen MR) is 91.7 cm³/mol. The molecule has 3 aromatic rings. The van der Waals surface area contributed by atoms with Crippen LogP contribution >= 0.6 is 0 Å². The Bertz CT molecular complexity index is 833. The van der Waals surface area contributed by atoms with Crippen molar-refractivity contribution in [3.63, 3.8) is 0 Å². The SMILES string of the molecule is Fc1ccc(-c2cnnc(N3CCN(c4cnccn4)CC3)n2)cc1. The number of rotatable bonds is 3. The highest BCUT2D eigenvalue weighted by Crippen LogP contribution is 2.20. The first-order valence-corrected chi connectivity index (χ1v) is 8.01. The number of halogens is 1. The van der Waals surface area contributed by atoms with E-state index in [9.17, 15) is 4.39 Å². The summed E-state index contributed by atoms with van der Waals surface area (Å²) in [7, 11) is 0. The van der Waals surface area contributed by atoms with Crippen molar-refractivity contribution in [2.24, 2.45) is 0 Å². The van der Waals surface area contributed by atoms with E-state index in [0.717, 1.165) is 37.6 Å². The molecule has 8 heteroatoms. The van der Waals surface area contributed by atoms with Crippen LogP contribution in [0.25, 0.3) is 11.3 Å². The van der Waals surface area contributed by atoms with Gasteiger partial charge >= 0.3 is 0 Å². The lowest BCUT2D eigenvalue weighted by Gasteiger charge is -2.34. The van der Waals surface area contributed by atoms with Crippen molar-refractivity contribution < 1.29 is 4.39 Å². The van der Waals surface area contributed by atoms with Gasteiger partial charge in [-0.1, -0.05) is 0 Å². The molecule has 0 N–H and O–H groups in total. The van der Waals surface area contributed by atoms with Gasteiger partial charge in [-0.2, -0.15) is 5.10 Å². The lowest BCUT2D eigenvalue weighted by molar-refractivity contribution is 0.627. The lowest BCUT2D eigenvalue weighted by Crippen LogP contribution is -2.47. The third-order valence-electron chi connectivity index (χ3n) is 4.12. The number of hydrogen-bond donors (Lipinski definition) is 0. The van der Waals surface area contributed by atoms with Crippen molar-refractivity contribution in [2.75, 3.05) is 36.0 Å². The highest BCUT2D eigenvalue weighted by atomic mass is 19.1. The molecule has 0 atom stereocenters. The summed E-state index contributed by atoms with van der Waals surface area (Å²) in [4.78, 5) is 17.3. The summed E-state index contributed by atoms with van der Waals surface area (Å²) in [5.74, 6) is 1.19. The molecule has 0 saturated carbocycles. The van der Waals surface area contributed by atoms with Crippen LogP contribution in [0.1, 0.15) is 0 Å². The molecule has 126 valence electrons. The van der Waals surface area contributed by atoms with Crippen LogP contribution in [-0.2, 0) is 0 Å². The first-order valence-electron chi connectivity index (χ1n) is 8.01. The van der Waals surface area contributed by atoms with E-state index < -0.39 is 0 Å². The predicted octanol–water partition coefficient (Wildman–Crippen LogP) is 1.79. The summed E-state index contributed by atoms with van der Waals surface area (Å²) in [5.41, 5.74) is 1.50. The van der Waals surface area contributed by atoms with Crippen molar-refractivity contribution in [3.8, 4) is 11.3 Å². The van der Waals surface area contributed by atoms with Gasteiger partial charge in [-0.05, 0) is 24.3 Å². The molecule has 0 unspecified atom stereocenters. The van der Waals surface area contributed by atoms with E-state index >= 15 is 0 Å². The van der Waals surface area contributed by atoms with Crippen LogP contribution in [-0.4, -0.2) is 51.3 Å². The second-order valence-corrected chi connectivity index (χ2v) is 5.69. The molecule has 3 heterocycles. The average molecular weight is 337 g/mol. The molecule has 4 rings (SSSR count). The van der Waals surface area contributed by atoms with Crippen molar-refractivity contribution in [1.29, 1.82) is 0 Å². The number of anilines is 2. The Hall–Kier alpha value is -3.16. The maximum atomic E-state index is 13.1. The van der Waals surface area contributed by atoms with Gasteiger partial charge in [0.05, 0.1) is 18.1 Å². The number of piperazine rings is 1. The number of benzene rings is 1. The van der Waals surface area contributed by atoms with Crippen LogP contribution in [0.15, 0.2) is 49.1 Å². The van der Waals surface area contributed by atoms with Crippen molar-refractivity contribution >= 4 is 11.8 Å². The minimum atomic E-state index is -0.272. The molecular weight excluding hydrogens is 321 g/mol. The highest BCUT2D eigenvalue weighted by molar-refractivity contribution is 5.59. The quantitative estimate of drug-likeness (QED) is 0.721. The topological polar surface area (TPSA) is 70.9 Å². The Balaban J connectivity index is 1.48. The van der Waals surface area contributed by atoms with E-state index in [1.165, 1.54) is 12.1 Å². The Labute approximate surface area is 144 Å². The molecule has 1 aromatic carbocycles. The molecule has 1 saturated heterocycles. The molecule has 25 heavy (non-hydrogen) atoms. The van der Waals surface area contributed by atoms with E-state index in [1.807, 2.05) is 0 Å². The van der Waals surface area contributed by atoms with Gasteiger partial charge in [0, 0.05) is 44.1 Å². The smallest absolute Gasteiger partial charge is 0.246 e. The largest absolute Gasteiger partial charge is 0.352 e. The van der Waals surface area contributed by atoms with Crippen LogP contribution in [0.5, 0.6) is 0 Å². The van der Waals surface area contributed by atoms with Gasteiger partial charge in [-0.25, -0.2) is 14.4 Å². The zero-order valence-corrected chi connectivity index (χ0v) is 13.5. The normalized spacial score (nSPS) is 14.6. The van der Waals surface area contributed by atoms with Crippen LogP contribution in [0.2, 0.25) is 0 Å². The number of aromatic nitrogens is 5. The van der Waals surface area contributed by atoms with Crippen molar-refractivity contribution in [2.45, 2.75) is 0 Å². The molecule has 2 aromatic heterocycles. The molecule has 0 radical (unpaired) electrons. The standard InChI is InChI=1S/C17H16FN7/c18-14-3-1-13(2-4-14)15-11-21-23-17(22-15)25-9-7-24(8-10-25)16-12-19-5-6-20-16/h1-6,11-12H,7-10H2. The molecule has 0 spiro atoms. The molecule has 7 nitrogen and oxygen atoms in total. The number of hydrogen-bond acceptors (Lipinski definition) is 7. The molecule has 1 aliphatic rings. The monoisotopic (exact) mass is 337 g/mol. The van der Waals surface area contributed by atoms with Gasteiger partial charge in [0.25, 0.3) is 0 Å². The summed E-state index contributed by atoms with van der Waals surface area (Å²) in [6.07, 6.45) is 6.72. The van der Waals surface area contributed by atoms with Crippen LogP contribution in [0, 0.1) is 5.82 Å². The fourth-order valence-electron chi connectivity index (χ4n) is 2.78. The van der Waals surface area contributed by atoms with Gasteiger partial charge in [-0.15, -0.1) is 5.10 Å². The van der Waals surface area contributed by atoms with Crippen LogP contribution in [0.3, 0.4) is 0 Å².